The van der Waals surface area contributed by atoms with Gasteiger partial charge in [-0.2, -0.15) is 19.0 Å². The second-order valence-electron chi connectivity index (χ2n) is 6.49. The summed E-state index contributed by atoms with van der Waals surface area (Å²) in [5.74, 6) is 0.0292. The van der Waals surface area contributed by atoms with E-state index in [0.717, 1.165) is 10.8 Å². The van der Waals surface area contributed by atoms with Crippen molar-refractivity contribution in [3.8, 4) is 6.07 Å². The van der Waals surface area contributed by atoms with Crippen molar-refractivity contribution >= 4 is 34.8 Å². The number of ether oxygens (including phenoxy) is 1. The van der Waals surface area contributed by atoms with Gasteiger partial charge in [-0.15, -0.1) is 0 Å². The van der Waals surface area contributed by atoms with E-state index in [0.29, 0.717) is 0 Å². The van der Waals surface area contributed by atoms with Gasteiger partial charge in [-0.3, -0.25) is 4.52 Å². The first-order chi connectivity index (χ1) is 15.1. The number of nitrogens with zero attached hydrogens (tertiary/aromatic N) is 4. The minimum atomic E-state index is -5.76. The van der Waals surface area contributed by atoms with Crippen molar-refractivity contribution in [2.24, 2.45) is 0 Å². The zero-order valence-corrected chi connectivity index (χ0v) is 18.6. The number of anilines is 1. The highest BCUT2D eigenvalue weighted by atomic mass is 31.3. The summed E-state index contributed by atoms with van der Waals surface area (Å²) in [6, 6.07) is 4.42. The van der Waals surface area contributed by atoms with Crippen LogP contribution in [0.25, 0.3) is 5.52 Å². The highest BCUT2D eigenvalue weighted by molar-refractivity contribution is 7.66. The number of nitrogen functional groups attached to an aromatic ring is 1. The molecule has 0 radical (unpaired) electrons. The van der Waals surface area contributed by atoms with Gasteiger partial charge in [-0.05, 0) is 12.1 Å². The smallest absolute Gasteiger partial charge is 0.387 e. The van der Waals surface area contributed by atoms with E-state index >= 15 is 0 Å². The van der Waals surface area contributed by atoms with Gasteiger partial charge in [0.05, 0.1) is 12.3 Å². The van der Waals surface area contributed by atoms with E-state index in [1.165, 1.54) is 12.1 Å². The molecule has 1 saturated heterocycles. The Kier molecular flexibility index (Phi) is 6.86. The summed E-state index contributed by atoms with van der Waals surface area (Å²) in [6.07, 6.45) is -4.44. The third-order valence-electron chi connectivity index (χ3n) is 4.30. The number of fused-ring (bicyclic) bond motifs is 1. The third kappa shape index (κ3) is 5.32. The van der Waals surface area contributed by atoms with Crippen molar-refractivity contribution in [2.75, 3.05) is 12.3 Å². The number of aliphatic hydroxyl groups excluding tert-OH is 2. The van der Waals surface area contributed by atoms with Crippen molar-refractivity contribution < 1.29 is 61.4 Å². The van der Waals surface area contributed by atoms with Crippen LogP contribution in [0.1, 0.15) is 5.69 Å². The molecule has 1 fully saturated rings. The highest BCUT2D eigenvalue weighted by Crippen LogP contribution is 2.66. The maximum absolute atomic E-state index is 11.9. The van der Waals surface area contributed by atoms with E-state index < -0.39 is 54.0 Å². The molecule has 33 heavy (non-hydrogen) atoms. The summed E-state index contributed by atoms with van der Waals surface area (Å²) in [7, 11) is -16.9. The molecular weight excluding hydrogens is 515 g/mol. The number of aliphatic hydroxyl groups is 2. The van der Waals surface area contributed by atoms with Crippen molar-refractivity contribution in [2.45, 2.75) is 23.9 Å². The predicted molar refractivity (Wildman–Crippen MR) is 101 cm³/mol. The Morgan fingerprint density at radius 3 is 2.45 bits per heavy atom. The maximum Gasteiger partial charge on any atom is 0.490 e. The lowest BCUT2D eigenvalue weighted by molar-refractivity contribution is -0.0634. The van der Waals surface area contributed by atoms with E-state index in [1.807, 2.05) is 0 Å². The van der Waals surface area contributed by atoms with Crippen LogP contribution in [0.2, 0.25) is 0 Å². The van der Waals surface area contributed by atoms with Crippen LogP contribution in [0.5, 0.6) is 0 Å². The first kappa shape index (κ1) is 25.8. The fraction of sp³-hybridized carbons (Fsp3) is 0.417. The van der Waals surface area contributed by atoms with Gasteiger partial charge in [0.1, 0.15) is 36.2 Å². The van der Waals surface area contributed by atoms with Crippen molar-refractivity contribution in [3.05, 3.63) is 24.2 Å². The van der Waals surface area contributed by atoms with Crippen LogP contribution in [0.15, 0.2) is 18.5 Å². The molecule has 2 aromatic rings. The van der Waals surface area contributed by atoms with E-state index in [1.54, 1.807) is 6.07 Å². The van der Waals surface area contributed by atoms with Crippen LogP contribution in [-0.2, 0) is 37.2 Å². The number of nitrogens with two attached hydrogens (primary N) is 1. The predicted octanol–water partition coefficient (Wildman–Crippen LogP) is -1.51. The van der Waals surface area contributed by atoms with Crippen LogP contribution in [-0.4, -0.2) is 69.3 Å². The number of hydrogen-bond acceptors (Lipinski definition) is 13. The van der Waals surface area contributed by atoms with Crippen molar-refractivity contribution in [3.63, 3.8) is 0 Å². The fourth-order valence-electron chi connectivity index (χ4n) is 3.02. The molecule has 0 saturated carbocycles. The average molecular weight is 531 g/mol. The molecule has 21 heteroatoms. The molecule has 2 unspecified atom stereocenters. The lowest BCUT2D eigenvalue weighted by Crippen LogP contribution is -2.41. The molecule has 3 heterocycles. The topological polar surface area (TPSA) is 290 Å². The van der Waals surface area contributed by atoms with Crippen LogP contribution in [0.3, 0.4) is 0 Å². The van der Waals surface area contributed by atoms with E-state index in [-0.39, 0.29) is 17.0 Å². The van der Waals surface area contributed by atoms with Gasteiger partial charge in [0.25, 0.3) is 0 Å². The van der Waals surface area contributed by atoms with Gasteiger partial charge in [0, 0.05) is 0 Å². The molecule has 18 nitrogen and oxygen atoms in total. The van der Waals surface area contributed by atoms with Crippen molar-refractivity contribution in [1.29, 1.82) is 5.26 Å². The Hall–Kier alpha value is -1.80. The zero-order chi connectivity index (χ0) is 24.8. The monoisotopic (exact) mass is 531 g/mol. The Morgan fingerprint density at radius 2 is 1.85 bits per heavy atom. The quantitative estimate of drug-likeness (QED) is 0.191. The summed E-state index contributed by atoms with van der Waals surface area (Å²) in [5, 5.41) is 34.5. The second-order valence-corrected chi connectivity index (χ2v) is 10.9. The van der Waals surface area contributed by atoms with Gasteiger partial charge < -0.3 is 40.3 Å². The fourth-order valence-corrected chi connectivity index (χ4v) is 6.05. The molecule has 0 aliphatic carbocycles. The number of hydrogen-bond donors (Lipinski definition) is 7. The molecule has 0 aromatic carbocycles. The SMILES string of the molecule is N#C[C@@]1(c2ccc3c(N)ncnn23)O[C@H](COP(=O)(O)OP(=O)(O)OP(=O)(O)O)[C@@H](O)[C@H]1O. The van der Waals surface area contributed by atoms with Gasteiger partial charge in [-0.1, -0.05) is 0 Å². The molecule has 3 rings (SSSR count). The number of nitriles is 1. The standard InChI is InChI=1S/C12H16N5O13P3/c13-4-12(8-2-1-6-11(14)15-5-16-17(6)8)10(19)9(18)7(28-12)3-27-32(23,24)30-33(25,26)29-31(20,21)22/h1-2,5,7,9-10,18-19H,3H2,(H,23,24)(H,25,26)(H2,14,15,16)(H2,20,21,22)/t7-,9-,10-,12+/m1/s1. The number of phosphoric ester groups is 1. The summed E-state index contributed by atoms with van der Waals surface area (Å²) in [4.78, 5) is 39.5. The summed E-state index contributed by atoms with van der Waals surface area (Å²) >= 11 is 0. The van der Waals surface area contributed by atoms with E-state index in [9.17, 15) is 34.1 Å². The first-order valence-corrected chi connectivity index (χ1v) is 13.0. The zero-order valence-electron chi connectivity index (χ0n) is 15.9. The van der Waals surface area contributed by atoms with Crippen LogP contribution < -0.4 is 5.73 Å². The Morgan fingerprint density at radius 1 is 1.18 bits per heavy atom. The lowest BCUT2D eigenvalue weighted by atomic mass is 9.92. The average Bonchev–Trinajstić information content (AvgIpc) is 3.20. The maximum atomic E-state index is 11.9. The lowest BCUT2D eigenvalue weighted by Gasteiger charge is -2.24. The Labute approximate surface area is 183 Å². The van der Waals surface area contributed by atoms with Gasteiger partial charge in [-0.25, -0.2) is 23.2 Å². The summed E-state index contributed by atoms with van der Waals surface area (Å²) in [6.45, 7) is -1.09. The second kappa shape index (κ2) is 8.77. The Bertz CT molecular complexity index is 1240. The van der Waals surface area contributed by atoms with Gasteiger partial charge in [0.15, 0.2) is 5.82 Å². The minimum Gasteiger partial charge on any atom is -0.387 e. The van der Waals surface area contributed by atoms with Crippen LogP contribution >= 0.6 is 23.5 Å². The van der Waals surface area contributed by atoms with Crippen molar-refractivity contribution in [1.82, 2.24) is 14.6 Å². The van der Waals surface area contributed by atoms with E-state index in [4.69, 9.17) is 25.2 Å². The molecule has 8 N–H and O–H groups in total. The minimum absolute atomic E-state index is 0.0292. The van der Waals surface area contributed by atoms with Crippen LogP contribution in [0.4, 0.5) is 5.82 Å². The normalized spacial score (nSPS) is 29.4. The molecule has 0 spiro atoms. The third-order valence-corrected chi connectivity index (χ3v) is 8.11. The molecule has 182 valence electrons. The number of phosphoric acid groups is 3. The number of rotatable bonds is 8. The molecule has 1 aliphatic heterocycles. The highest BCUT2D eigenvalue weighted by Gasteiger charge is 2.58. The first-order valence-electron chi connectivity index (χ1n) is 8.43. The van der Waals surface area contributed by atoms with Crippen LogP contribution in [0, 0.1) is 11.3 Å². The van der Waals surface area contributed by atoms with Gasteiger partial charge >= 0.3 is 23.5 Å². The molecule has 2 aromatic heterocycles. The molecule has 6 atom stereocenters. The molecular formula is C12H16N5O13P3. The Balaban J connectivity index is 1.80. The summed E-state index contributed by atoms with van der Waals surface area (Å²) in [5.41, 5.74) is 3.61. The largest absolute Gasteiger partial charge is 0.490 e. The molecule has 0 bridgehead atoms. The van der Waals surface area contributed by atoms with Gasteiger partial charge in [0.2, 0.25) is 5.60 Å². The summed E-state index contributed by atoms with van der Waals surface area (Å²) < 4.78 is 52.0. The molecule has 1 aliphatic rings. The number of aromatic nitrogens is 3. The van der Waals surface area contributed by atoms with E-state index in [2.05, 4.69) is 23.2 Å². The molecule has 0 amide bonds.